The van der Waals surface area contributed by atoms with E-state index in [1.165, 1.54) is 43.2 Å². The van der Waals surface area contributed by atoms with Crippen molar-refractivity contribution < 1.29 is 0 Å². The number of hydrogen-bond donors (Lipinski definition) is 1. The van der Waals surface area contributed by atoms with E-state index in [9.17, 15) is 0 Å². The summed E-state index contributed by atoms with van der Waals surface area (Å²) >= 11 is 6.08. The Labute approximate surface area is 121 Å². The molecule has 1 nitrogen and oxygen atoms in total. The second kappa shape index (κ2) is 5.46. The van der Waals surface area contributed by atoms with E-state index in [0.29, 0.717) is 12.1 Å². The van der Waals surface area contributed by atoms with E-state index in [4.69, 9.17) is 11.6 Å². The van der Waals surface area contributed by atoms with Crippen LogP contribution in [0, 0.1) is 11.8 Å². The Hall–Kier alpha value is -0.530. The monoisotopic (exact) mass is 277 g/mol. The molecular formula is C17H24ClN. The maximum absolute atomic E-state index is 6.08. The zero-order valence-corrected chi connectivity index (χ0v) is 12.7. The van der Waals surface area contributed by atoms with Crippen LogP contribution in [0.15, 0.2) is 18.2 Å². The van der Waals surface area contributed by atoms with E-state index in [1.54, 1.807) is 0 Å². The van der Waals surface area contributed by atoms with Gasteiger partial charge in [0.25, 0.3) is 0 Å². The molecule has 1 fully saturated rings. The largest absolute Gasteiger partial charge is 0.307 e. The predicted octanol–water partition coefficient (Wildman–Crippen LogP) is 4.74. The summed E-state index contributed by atoms with van der Waals surface area (Å²) < 4.78 is 0. The lowest BCUT2D eigenvalue weighted by molar-refractivity contribution is 0.320. The molecule has 1 aromatic rings. The van der Waals surface area contributed by atoms with Gasteiger partial charge in [-0.3, -0.25) is 0 Å². The molecule has 0 amide bonds. The molecular weight excluding hydrogens is 254 g/mol. The Balaban J connectivity index is 1.70. The van der Waals surface area contributed by atoms with Crippen LogP contribution >= 0.6 is 11.6 Å². The van der Waals surface area contributed by atoms with Crippen molar-refractivity contribution in [3.05, 3.63) is 34.3 Å². The van der Waals surface area contributed by atoms with Crippen molar-refractivity contribution in [1.29, 1.82) is 0 Å². The minimum Gasteiger partial charge on any atom is -0.307 e. The number of fused-ring (bicyclic) bond motifs is 1. The van der Waals surface area contributed by atoms with E-state index in [1.807, 2.05) is 6.07 Å². The molecule has 2 heteroatoms. The van der Waals surface area contributed by atoms with E-state index in [-0.39, 0.29) is 0 Å². The molecule has 0 heterocycles. The third-order valence-corrected chi connectivity index (χ3v) is 5.58. The van der Waals surface area contributed by atoms with Crippen LogP contribution in [0.2, 0.25) is 5.02 Å². The number of benzene rings is 1. The minimum absolute atomic E-state index is 0.551. The van der Waals surface area contributed by atoms with Crippen LogP contribution in [0.3, 0.4) is 0 Å². The van der Waals surface area contributed by atoms with Crippen molar-refractivity contribution >= 4 is 11.6 Å². The molecule has 1 saturated carbocycles. The molecule has 0 radical (unpaired) electrons. The normalized spacial score (nSPS) is 33.6. The van der Waals surface area contributed by atoms with Gasteiger partial charge in [0, 0.05) is 17.1 Å². The highest BCUT2D eigenvalue weighted by molar-refractivity contribution is 6.30. The molecule has 1 aromatic carbocycles. The molecule has 3 rings (SSSR count). The highest BCUT2D eigenvalue weighted by atomic mass is 35.5. The Bertz CT molecular complexity index is 457. The van der Waals surface area contributed by atoms with Gasteiger partial charge in [0.1, 0.15) is 0 Å². The topological polar surface area (TPSA) is 12.0 Å². The fourth-order valence-electron chi connectivity index (χ4n) is 4.08. The number of nitrogens with one attached hydrogen (secondary N) is 1. The van der Waals surface area contributed by atoms with Crippen LogP contribution in [-0.2, 0) is 6.42 Å². The minimum atomic E-state index is 0.551. The third kappa shape index (κ3) is 2.55. The van der Waals surface area contributed by atoms with Crippen molar-refractivity contribution in [3.63, 3.8) is 0 Å². The second-order valence-electron chi connectivity index (χ2n) is 6.31. The van der Waals surface area contributed by atoms with Crippen LogP contribution in [0.1, 0.15) is 56.7 Å². The molecule has 0 bridgehead atoms. The van der Waals surface area contributed by atoms with Crippen LogP contribution in [-0.4, -0.2) is 6.04 Å². The Morgan fingerprint density at radius 2 is 2.11 bits per heavy atom. The highest BCUT2D eigenvalue weighted by Gasteiger charge is 2.34. The first-order valence-electron chi connectivity index (χ1n) is 7.73. The van der Waals surface area contributed by atoms with Crippen molar-refractivity contribution in [3.8, 4) is 0 Å². The molecule has 1 N–H and O–H groups in total. The lowest BCUT2D eigenvalue weighted by atomic mass is 9.93. The van der Waals surface area contributed by atoms with Gasteiger partial charge in [-0.2, -0.15) is 0 Å². The summed E-state index contributed by atoms with van der Waals surface area (Å²) in [5.41, 5.74) is 2.93. The van der Waals surface area contributed by atoms with Crippen molar-refractivity contribution in [1.82, 2.24) is 5.32 Å². The molecule has 104 valence electrons. The summed E-state index contributed by atoms with van der Waals surface area (Å²) in [6, 6.07) is 7.66. The van der Waals surface area contributed by atoms with Gasteiger partial charge < -0.3 is 5.32 Å². The predicted molar refractivity (Wildman–Crippen MR) is 81.6 cm³/mol. The summed E-state index contributed by atoms with van der Waals surface area (Å²) in [4.78, 5) is 0. The van der Waals surface area contributed by atoms with Crippen molar-refractivity contribution in [2.45, 2.75) is 58.0 Å². The third-order valence-electron chi connectivity index (χ3n) is 5.35. The molecule has 4 unspecified atom stereocenters. The second-order valence-corrected chi connectivity index (χ2v) is 6.75. The van der Waals surface area contributed by atoms with Gasteiger partial charge in [0.2, 0.25) is 0 Å². The van der Waals surface area contributed by atoms with Gasteiger partial charge in [-0.05, 0) is 60.8 Å². The van der Waals surface area contributed by atoms with Crippen molar-refractivity contribution in [2.24, 2.45) is 11.8 Å². The Morgan fingerprint density at radius 1 is 1.26 bits per heavy atom. The first-order chi connectivity index (χ1) is 9.19. The van der Waals surface area contributed by atoms with Crippen molar-refractivity contribution in [2.75, 3.05) is 0 Å². The fourth-order valence-corrected chi connectivity index (χ4v) is 4.27. The van der Waals surface area contributed by atoms with Crippen LogP contribution in [0.4, 0.5) is 0 Å². The summed E-state index contributed by atoms with van der Waals surface area (Å²) in [7, 11) is 0. The molecule has 19 heavy (non-hydrogen) atoms. The quantitative estimate of drug-likeness (QED) is 0.841. The van der Waals surface area contributed by atoms with E-state index in [2.05, 4.69) is 31.3 Å². The molecule has 0 aliphatic heterocycles. The molecule has 0 saturated heterocycles. The molecule has 2 aliphatic rings. The van der Waals surface area contributed by atoms with E-state index < -0.39 is 0 Å². The van der Waals surface area contributed by atoms with Gasteiger partial charge in [0.15, 0.2) is 0 Å². The van der Waals surface area contributed by atoms with Crippen LogP contribution in [0.5, 0.6) is 0 Å². The SMILES string of the molecule is CCC1CCC(NC2CCc3cc(Cl)ccc32)C1C. The molecule has 2 aliphatic carbocycles. The van der Waals surface area contributed by atoms with Gasteiger partial charge in [-0.1, -0.05) is 37.9 Å². The fraction of sp³-hybridized carbons (Fsp3) is 0.647. The zero-order valence-electron chi connectivity index (χ0n) is 12.0. The standard InChI is InChI=1S/C17H24ClN/c1-3-12-4-8-16(11(12)2)19-17-9-5-13-10-14(18)6-7-15(13)17/h6-7,10-12,16-17,19H,3-5,8-9H2,1-2H3. The maximum Gasteiger partial charge on any atom is 0.0408 e. The number of hydrogen-bond acceptors (Lipinski definition) is 1. The van der Waals surface area contributed by atoms with Crippen LogP contribution < -0.4 is 5.32 Å². The highest BCUT2D eigenvalue weighted by Crippen LogP contribution is 2.38. The zero-order chi connectivity index (χ0) is 13.4. The summed E-state index contributed by atoms with van der Waals surface area (Å²) in [5.74, 6) is 1.74. The first kappa shape index (κ1) is 13.5. The van der Waals surface area contributed by atoms with Crippen LogP contribution in [0.25, 0.3) is 0 Å². The summed E-state index contributed by atoms with van der Waals surface area (Å²) in [6.07, 6.45) is 6.48. The number of aryl methyl sites for hydroxylation is 1. The number of rotatable bonds is 3. The Kier molecular flexibility index (Phi) is 3.86. The van der Waals surface area contributed by atoms with Gasteiger partial charge >= 0.3 is 0 Å². The van der Waals surface area contributed by atoms with Gasteiger partial charge in [-0.15, -0.1) is 0 Å². The molecule has 0 aromatic heterocycles. The van der Waals surface area contributed by atoms with E-state index in [0.717, 1.165) is 16.9 Å². The van der Waals surface area contributed by atoms with E-state index >= 15 is 0 Å². The average molecular weight is 278 g/mol. The van der Waals surface area contributed by atoms with Gasteiger partial charge in [0.05, 0.1) is 0 Å². The Morgan fingerprint density at radius 3 is 2.84 bits per heavy atom. The molecule has 0 spiro atoms. The summed E-state index contributed by atoms with van der Waals surface area (Å²) in [6.45, 7) is 4.76. The average Bonchev–Trinajstić information content (AvgIpc) is 2.95. The summed E-state index contributed by atoms with van der Waals surface area (Å²) in [5, 5.41) is 4.80. The smallest absolute Gasteiger partial charge is 0.0408 e. The number of halogens is 1. The maximum atomic E-state index is 6.08. The first-order valence-corrected chi connectivity index (χ1v) is 8.11. The lowest BCUT2D eigenvalue weighted by Gasteiger charge is -2.25. The molecule has 4 atom stereocenters. The lowest BCUT2D eigenvalue weighted by Crippen LogP contribution is -2.35. The van der Waals surface area contributed by atoms with Gasteiger partial charge in [-0.25, -0.2) is 0 Å².